The maximum Gasteiger partial charge on any atom is 0.0931 e. The Hall–Kier alpha value is -0.0500. The molecule has 2 saturated carbocycles. The van der Waals surface area contributed by atoms with Crippen molar-refractivity contribution < 1.29 is 0 Å². The molecular weight excluding hydrogens is 286 g/mol. The summed E-state index contributed by atoms with van der Waals surface area (Å²) in [7, 11) is 0. The maximum absolute atomic E-state index is 6.07. The molecule has 2 aliphatic rings. The third-order valence-corrected chi connectivity index (χ3v) is 6.48. The molecule has 0 spiro atoms. The van der Waals surface area contributed by atoms with E-state index in [0.29, 0.717) is 6.04 Å². The Labute approximate surface area is 132 Å². The third-order valence-electron chi connectivity index (χ3n) is 5.23. The first kappa shape index (κ1) is 14.9. The van der Waals surface area contributed by atoms with Crippen molar-refractivity contribution in [3.8, 4) is 0 Å². The van der Waals surface area contributed by atoms with E-state index in [9.17, 15) is 0 Å². The summed E-state index contributed by atoms with van der Waals surface area (Å²) < 4.78 is 0.925. The normalized spacial score (nSPS) is 30.0. The fourth-order valence-corrected chi connectivity index (χ4v) is 5.49. The van der Waals surface area contributed by atoms with Crippen LogP contribution in [0.15, 0.2) is 12.1 Å². The van der Waals surface area contributed by atoms with Gasteiger partial charge in [0.2, 0.25) is 0 Å². The van der Waals surface area contributed by atoms with Crippen molar-refractivity contribution in [1.29, 1.82) is 0 Å². The van der Waals surface area contributed by atoms with Gasteiger partial charge in [-0.2, -0.15) is 0 Å². The molecule has 2 bridgehead atoms. The molecule has 3 heteroatoms. The van der Waals surface area contributed by atoms with Crippen LogP contribution in [-0.2, 0) is 6.42 Å². The molecule has 112 valence electrons. The number of thiophene rings is 1. The number of hydrogen-bond donors (Lipinski definition) is 1. The maximum atomic E-state index is 6.07. The van der Waals surface area contributed by atoms with Crippen LogP contribution in [0.5, 0.6) is 0 Å². The zero-order valence-electron chi connectivity index (χ0n) is 12.4. The highest BCUT2D eigenvalue weighted by molar-refractivity contribution is 7.16. The number of halogens is 1. The van der Waals surface area contributed by atoms with Gasteiger partial charge in [-0.05, 0) is 75.0 Å². The van der Waals surface area contributed by atoms with E-state index in [1.807, 2.05) is 6.07 Å². The molecule has 1 N–H and O–H groups in total. The fourth-order valence-electron chi connectivity index (χ4n) is 4.32. The van der Waals surface area contributed by atoms with Crippen molar-refractivity contribution in [2.24, 2.45) is 17.8 Å². The lowest BCUT2D eigenvalue weighted by Crippen LogP contribution is -2.34. The highest BCUT2D eigenvalue weighted by atomic mass is 35.5. The minimum absolute atomic E-state index is 0.647. The zero-order chi connectivity index (χ0) is 13.9. The molecule has 1 heterocycles. The molecule has 1 nitrogen and oxygen atoms in total. The average Bonchev–Trinajstić information content (AvgIpc) is 3.13. The van der Waals surface area contributed by atoms with E-state index >= 15 is 0 Å². The van der Waals surface area contributed by atoms with Crippen molar-refractivity contribution >= 4 is 22.9 Å². The summed E-state index contributed by atoms with van der Waals surface area (Å²) in [6.07, 6.45) is 9.78. The van der Waals surface area contributed by atoms with Gasteiger partial charge in [0.15, 0.2) is 0 Å². The Balaban J connectivity index is 1.57. The standard InChI is InChI=1S/C17H26ClNS/c1-2-7-19-15(11-16-5-6-17(18)20-16)10-14-9-12-3-4-13(14)8-12/h5-6,12-15,19H,2-4,7-11H2,1H3. The lowest BCUT2D eigenvalue weighted by Gasteiger charge is -2.27. The molecule has 1 aromatic rings. The molecule has 1 aromatic heterocycles. The van der Waals surface area contributed by atoms with Crippen LogP contribution in [-0.4, -0.2) is 12.6 Å². The topological polar surface area (TPSA) is 12.0 Å². The Kier molecular flexibility index (Phi) is 5.06. The number of rotatable bonds is 7. The summed E-state index contributed by atoms with van der Waals surface area (Å²) in [5, 5.41) is 3.78. The number of hydrogen-bond acceptors (Lipinski definition) is 2. The number of nitrogens with one attached hydrogen (secondary N) is 1. The van der Waals surface area contributed by atoms with E-state index in [4.69, 9.17) is 11.6 Å². The molecule has 0 radical (unpaired) electrons. The SMILES string of the molecule is CCCNC(Cc1ccc(Cl)s1)CC1CC2CCC1C2. The molecule has 4 unspecified atom stereocenters. The van der Waals surface area contributed by atoms with Gasteiger partial charge >= 0.3 is 0 Å². The summed E-state index contributed by atoms with van der Waals surface area (Å²) in [6.45, 7) is 3.40. The Morgan fingerprint density at radius 2 is 2.25 bits per heavy atom. The van der Waals surface area contributed by atoms with E-state index in [2.05, 4.69) is 18.3 Å². The van der Waals surface area contributed by atoms with Crippen molar-refractivity contribution in [1.82, 2.24) is 5.32 Å². The first-order valence-electron chi connectivity index (χ1n) is 8.22. The first-order valence-corrected chi connectivity index (χ1v) is 9.41. The average molecular weight is 312 g/mol. The minimum atomic E-state index is 0.647. The van der Waals surface area contributed by atoms with Crippen molar-refractivity contribution in [2.75, 3.05) is 6.54 Å². The molecule has 0 amide bonds. The number of fused-ring (bicyclic) bond motifs is 2. The highest BCUT2D eigenvalue weighted by Gasteiger charge is 2.40. The molecular formula is C17H26ClNS. The van der Waals surface area contributed by atoms with Crippen LogP contribution < -0.4 is 5.32 Å². The Morgan fingerprint density at radius 1 is 1.35 bits per heavy atom. The second kappa shape index (κ2) is 6.81. The van der Waals surface area contributed by atoms with E-state index in [1.54, 1.807) is 11.3 Å². The van der Waals surface area contributed by atoms with Crippen LogP contribution in [0.3, 0.4) is 0 Å². The third kappa shape index (κ3) is 3.58. The van der Waals surface area contributed by atoms with Gasteiger partial charge in [-0.1, -0.05) is 24.9 Å². The second-order valence-corrected chi connectivity index (χ2v) is 8.53. The summed E-state index contributed by atoms with van der Waals surface area (Å²) in [5.74, 6) is 3.09. The van der Waals surface area contributed by atoms with Crippen LogP contribution in [0.1, 0.15) is 50.3 Å². The molecule has 4 atom stereocenters. The fraction of sp³-hybridized carbons (Fsp3) is 0.765. The molecule has 20 heavy (non-hydrogen) atoms. The summed E-state index contributed by atoms with van der Waals surface area (Å²) in [6, 6.07) is 4.89. The quantitative estimate of drug-likeness (QED) is 0.735. The summed E-state index contributed by atoms with van der Waals surface area (Å²) >= 11 is 7.82. The van der Waals surface area contributed by atoms with Gasteiger partial charge in [-0.25, -0.2) is 0 Å². The zero-order valence-corrected chi connectivity index (χ0v) is 14.0. The Morgan fingerprint density at radius 3 is 2.85 bits per heavy atom. The van der Waals surface area contributed by atoms with Crippen LogP contribution in [0.4, 0.5) is 0 Å². The predicted octanol–water partition coefficient (Wildman–Crippen LogP) is 5.14. The van der Waals surface area contributed by atoms with Gasteiger partial charge in [0.1, 0.15) is 0 Å². The van der Waals surface area contributed by atoms with Gasteiger partial charge in [-0.3, -0.25) is 0 Å². The lowest BCUT2D eigenvalue weighted by molar-refractivity contribution is 0.277. The second-order valence-electron chi connectivity index (χ2n) is 6.73. The van der Waals surface area contributed by atoms with Crippen molar-refractivity contribution in [2.45, 2.75) is 57.9 Å². The van der Waals surface area contributed by atoms with Crippen LogP contribution in [0, 0.1) is 17.8 Å². The van der Waals surface area contributed by atoms with E-state index in [1.165, 1.54) is 43.4 Å². The Bertz CT molecular complexity index is 430. The molecule has 2 fully saturated rings. The van der Waals surface area contributed by atoms with Gasteiger partial charge in [0, 0.05) is 10.9 Å². The molecule has 3 rings (SSSR count). The minimum Gasteiger partial charge on any atom is -0.314 e. The van der Waals surface area contributed by atoms with E-state index < -0.39 is 0 Å². The van der Waals surface area contributed by atoms with Crippen LogP contribution in [0.2, 0.25) is 4.34 Å². The monoisotopic (exact) mass is 311 g/mol. The van der Waals surface area contributed by atoms with E-state index in [-0.39, 0.29) is 0 Å². The first-order chi connectivity index (χ1) is 9.74. The van der Waals surface area contributed by atoms with Crippen molar-refractivity contribution in [3.05, 3.63) is 21.3 Å². The smallest absolute Gasteiger partial charge is 0.0931 e. The predicted molar refractivity (Wildman–Crippen MR) is 88.7 cm³/mol. The lowest BCUT2D eigenvalue weighted by atomic mass is 9.83. The van der Waals surface area contributed by atoms with E-state index in [0.717, 1.165) is 35.1 Å². The van der Waals surface area contributed by atoms with Crippen LogP contribution in [0.25, 0.3) is 0 Å². The molecule has 0 saturated heterocycles. The summed E-state index contributed by atoms with van der Waals surface area (Å²) in [5.41, 5.74) is 0. The van der Waals surface area contributed by atoms with Gasteiger partial charge in [0.25, 0.3) is 0 Å². The molecule has 2 aliphatic carbocycles. The largest absolute Gasteiger partial charge is 0.314 e. The molecule has 0 aliphatic heterocycles. The van der Waals surface area contributed by atoms with Crippen molar-refractivity contribution in [3.63, 3.8) is 0 Å². The molecule has 0 aromatic carbocycles. The highest BCUT2D eigenvalue weighted by Crippen LogP contribution is 2.50. The summed E-state index contributed by atoms with van der Waals surface area (Å²) in [4.78, 5) is 1.44. The van der Waals surface area contributed by atoms with Gasteiger partial charge < -0.3 is 5.32 Å². The van der Waals surface area contributed by atoms with Gasteiger partial charge in [-0.15, -0.1) is 11.3 Å². The van der Waals surface area contributed by atoms with Crippen LogP contribution >= 0.6 is 22.9 Å². The van der Waals surface area contributed by atoms with Gasteiger partial charge in [0.05, 0.1) is 4.34 Å².